The Balaban J connectivity index is 1.35. The number of hydrogen-bond acceptors (Lipinski definition) is 8. The molecule has 4 saturated heterocycles. The van der Waals surface area contributed by atoms with Crippen molar-refractivity contribution in [3.8, 4) is 35.4 Å². The molecule has 4 aromatic rings. The highest BCUT2D eigenvalue weighted by Gasteiger charge is 2.55. The maximum Gasteiger partial charge on any atom is 0.318 e. The Bertz CT molecular complexity index is 2050. The number of aromatic nitrogens is 3. The van der Waals surface area contributed by atoms with Crippen LogP contribution in [0.25, 0.3) is 32.9 Å². The Morgan fingerprint density at radius 1 is 1.06 bits per heavy atom. The number of piperidine rings is 1. The molecular weight excluding hydrogens is 612 g/mol. The van der Waals surface area contributed by atoms with Gasteiger partial charge in [-0.1, -0.05) is 12.0 Å². The summed E-state index contributed by atoms with van der Waals surface area (Å²) in [6, 6.07) is 5.18. The number of terminal acetylenes is 1. The number of amides is 1. The molecule has 4 radical (unpaired) electrons. The molecule has 48 heavy (non-hydrogen) atoms. The Kier molecular flexibility index (Phi) is 7.11. The third kappa shape index (κ3) is 4.55. The average molecular weight is 644 g/mol. The van der Waals surface area contributed by atoms with E-state index in [2.05, 4.69) is 26.1 Å². The Morgan fingerprint density at radius 3 is 2.58 bits per heavy atom. The first-order valence-corrected chi connectivity index (χ1v) is 16.4. The van der Waals surface area contributed by atoms with Gasteiger partial charge < -0.3 is 20.1 Å². The number of phenolic OH excluding ortho intramolecular Hbond substituents is 1. The molecule has 0 bridgehead atoms. The number of hydrogen-bond donors (Lipinski definition) is 2. The number of halogens is 2. The molecule has 9 nitrogen and oxygen atoms in total. The summed E-state index contributed by atoms with van der Waals surface area (Å²) >= 11 is 0. The number of rotatable bonds is 5. The van der Waals surface area contributed by atoms with Crippen molar-refractivity contribution in [2.45, 2.75) is 67.8 Å². The largest absolute Gasteiger partial charge is 0.508 e. The van der Waals surface area contributed by atoms with Crippen LogP contribution in [0.3, 0.4) is 0 Å². The second-order valence-corrected chi connectivity index (χ2v) is 13.6. The predicted molar refractivity (Wildman–Crippen MR) is 179 cm³/mol. The van der Waals surface area contributed by atoms with E-state index < -0.39 is 28.1 Å². The van der Waals surface area contributed by atoms with E-state index in [1.165, 1.54) is 30.5 Å². The van der Waals surface area contributed by atoms with Crippen molar-refractivity contribution in [3.63, 3.8) is 0 Å². The zero-order valence-electron chi connectivity index (χ0n) is 26.4. The molecule has 2 N–H and O–H groups in total. The smallest absolute Gasteiger partial charge is 0.318 e. The molecule has 4 fully saturated rings. The molecular formula is C35H32B2F2N6O3. The van der Waals surface area contributed by atoms with Crippen LogP contribution in [0, 0.1) is 24.0 Å². The van der Waals surface area contributed by atoms with Crippen LogP contribution in [-0.4, -0.2) is 89.2 Å². The van der Waals surface area contributed by atoms with Gasteiger partial charge >= 0.3 is 6.01 Å². The lowest BCUT2D eigenvalue weighted by Gasteiger charge is -2.47. The lowest BCUT2D eigenvalue weighted by Crippen LogP contribution is -2.63. The van der Waals surface area contributed by atoms with Gasteiger partial charge in [-0.25, -0.2) is 8.78 Å². The maximum atomic E-state index is 17.1. The zero-order chi connectivity index (χ0) is 33.4. The molecule has 1 spiro atoms. The monoisotopic (exact) mass is 644 g/mol. The standard InChI is InChI=1S/C35H32B2F2N6O3/c1-2-22-25(38)8-7-20-15-21(46)16-23(27(20)22)29-28(39)30-24(18-40-29)31(45-14-4-3-9-33(45)17-26(47)41-19-33)43-32(42-30)48-35(36,37)34-10-5-12-44(34)13-6-11-34/h1,7-8,15-16,18,46H,3-6,9-14,17,19H2,(H,41,47). The highest BCUT2D eigenvalue weighted by molar-refractivity contribution is 6.40. The van der Waals surface area contributed by atoms with Crippen LogP contribution < -0.4 is 15.0 Å². The fourth-order valence-corrected chi connectivity index (χ4v) is 8.68. The number of aromatic hydroxyl groups is 1. The van der Waals surface area contributed by atoms with Crippen LogP contribution in [0.4, 0.5) is 14.6 Å². The maximum absolute atomic E-state index is 17.1. The number of phenols is 1. The summed E-state index contributed by atoms with van der Waals surface area (Å²) in [5, 5.41) is 12.8. The van der Waals surface area contributed by atoms with Gasteiger partial charge in [-0.3, -0.25) is 14.7 Å². The van der Waals surface area contributed by atoms with E-state index in [-0.39, 0.29) is 51.8 Å². The quantitative estimate of drug-likeness (QED) is 0.248. The molecule has 1 atom stereocenters. The van der Waals surface area contributed by atoms with Gasteiger partial charge in [-0.2, -0.15) is 9.97 Å². The number of fused-ring (bicyclic) bond motifs is 3. The van der Waals surface area contributed by atoms with Crippen LogP contribution in [0.1, 0.15) is 56.9 Å². The molecule has 1 unspecified atom stereocenters. The SMILES string of the molecule is [B]C([B])(Oc1nc(N2CCCCC23CNC(=O)C3)c2cnc(-c3cc(O)cc4ccc(F)c(C#C)c34)c(F)c2n1)C12CCCN1CCC2. The van der Waals surface area contributed by atoms with Gasteiger partial charge in [0.25, 0.3) is 0 Å². The van der Waals surface area contributed by atoms with Crippen LogP contribution in [-0.2, 0) is 4.79 Å². The number of nitrogens with zero attached hydrogens (tertiary/aromatic N) is 5. The summed E-state index contributed by atoms with van der Waals surface area (Å²) in [5.41, 5.74) is -1.53. The van der Waals surface area contributed by atoms with Crippen LogP contribution >= 0.6 is 0 Å². The van der Waals surface area contributed by atoms with E-state index in [1.807, 2.05) is 4.90 Å². The number of pyridine rings is 1. The number of benzene rings is 2. The molecule has 4 aliphatic heterocycles. The second-order valence-electron chi connectivity index (χ2n) is 13.6. The van der Waals surface area contributed by atoms with Crippen molar-refractivity contribution in [1.29, 1.82) is 0 Å². The van der Waals surface area contributed by atoms with E-state index in [0.29, 0.717) is 29.7 Å². The first-order valence-electron chi connectivity index (χ1n) is 16.4. The van der Waals surface area contributed by atoms with Crippen LogP contribution in [0.5, 0.6) is 11.8 Å². The van der Waals surface area contributed by atoms with Crippen LogP contribution in [0.15, 0.2) is 30.5 Å². The number of nitrogens with one attached hydrogen (secondary N) is 1. The Labute approximate surface area is 279 Å². The third-order valence-corrected chi connectivity index (χ3v) is 10.9. The summed E-state index contributed by atoms with van der Waals surface area (Å²) in [4.78, 5) is 30.8. The number of carbonyl (C=O) groups is 1. The fourth-order valence-electron chi connectivity index (χ4n) is 8.68. The number of ether oxygens (including phenoxy) is 1. The molecule has 13 heteroatoms. The summed E-state index contributed by atoms with van der Waals surface area (Å²) in [6.45, 7) is 2.66. The van der Waals surface area contributed by atoms with Crippen LogP contribution in [0.2, 0.25) is 0 Å². The summed E-state index contributed by atoms with van der Waals surface area (Å²) in [6.07, 6.45) is 13.2. The van der Waals surface area contributed by atoms with Gasteiger partial charge in [0.1, 0.15) is 44.3 Å². The van der Waals surface area contributed by atoms with E-state index in [4.69, 9.17) is 31.8 Å². The highest BCUT2D eigenvalue weighted by atomic mass is 19.1. The van der Waals surface area contributed by atoms with Crippen molar-refractivity contribution < 1.29 is 23.4 Å². The van der Waals surface area contributed by atoms with Gasteiger partial charge in [0, 0.05) is 41.2 Å². The second kappa shape index (κ2) is 11.1. The topological polar surface area (TPSA) is 104 Å². The van der Waals surface area contributed by atoms with Gasteiger partial charge in [-0.15, -0.1) is 6.42 Å². The molecule has 240 valence electrons. The van der Waals surface area contributed by atoms with Gasteiger partial charge in [0.15, 0.2) is 5.82 Å². The van der Waals surface area contributed by atoms with Crippen molar-refractivity contribution in [2.24, 2.45) is 0 Å². The molecule has 2 aromatic heterocycles. The molecule has 8 rings (SSSR count). The summed E-state index contributed by atoms with van der Waals surface area (Å²) < 4.78 is 38.3. The Hall–Kier alpha value is -4.43. The third-order valence-electron chi connectivity index (χ3n) is 10.9. The normalized spacial score (nSPS) is 22.4. The van der Waals surface area contributed by atoms with Crippen molar-refractivity contribution >= 4 is 49.1 Å². The van der Waals surface area contributed by atoms with Crippen molar-refractivity contribution in [2.75, 3.05) is 31.1 Å². The number of anilines is 1. The minimum Gasteiger partial charge on any atom is -0.508 e. The molecule has 0 saturated carbocycles. The minimum absolute atomic E-state index is 0.0692. The predicted octanol–water partition coefficient (Wildman–Crippen LogP) is 4.06. The van der Waals surface area contributed by atoms with E-state index in [9.17, 15) is 14.3 Å². The first kappa shape index (κ1) is 30.9. The first-order chi connectivity index (χ1) is 23.1. The van der Waals surface area contributed by atoms with E-state index in [0.717, 1.165) is 58.0 Å². The molecule has 4 aliphatic rings. The lowest BCUT2D eigenvalue weighted by atomic mass is 9.53. The molecule has 1 amide bonds. The van der Waals surface area contributed by atoms with Gasteiger partial charge in [0.05, 0.1) is 22.9 Å². The number of carbonyl (C=O) groups excluding carboxylic acids is 1. The Morgan fingerprint density at radius 2 is 1.85 bits per heavy atom. The molecule has 6 heterocycles. The van der Waals surface area contributed by atoms with Gasteiger partial charge in [-0.05, 0) is 81.6 Å². The van der Waals surface area contributed by atoms with E-state index >= 15 is 4.39 Å². The summed E-state index contributed by atoms with van der Waals surface area (Å²) in [5.74, 6) is 0.948. The highest BCUT2D eigenvalue weighted by Crippen LogP contribution is 2.47. The van der Waals surface area contributed by atoms with Crippen molar-refractivity contribution in [3.05, 3.63) is 47.7 Å². The average Bonchev–Trinajstić information content (AvgIpc) is 3.77. The van der Waals surface area contributed by atoms with Gasteiger partial charge in [0.2, 0.25) is 5.91 Å². The summed E-state index contributed by atoms with van der Waals surface area (Å²) in [7, 11) is 13.6. The lowest BCUT2D eigenvalue weighted by molar-refractivity contribution is -0.119. The molecule has 0 aliphatic carbocycles. The minimum atomic E-state index is -1.69. The fraction of sp³-hybridized carbons (Fsp3) is 0.429. The van der Waals surface area contributed by atoms with E-state index in [1.54, 1.807) is 0 Å². The zero-order valence-corrected chi connectivity index (χ0v) is 26.4. The molecule has 2 aromatic carbocycles. The van der Waals surface area contributed by atoms with Crippen molar-refractivity contribution in [1.82, 2.24) is 25.2 Å².